The van der Waals surface area contributed by atoms with E-state index in [9.17, 15) is 0 Å². The van der Waals surface area contributed by atoms with E-state index in [-0.39, 0.29) is 0 Å². The number of aromatic nitrogens is 1. The zero-order valence-electron chi connectivity index (χ0n) is 11.9. The molecule has 106 valence electrons. The summed E-state index contributed by atoms with van der Waals surface area (Å²) in [5, 5.41) is 3.39. The highest BCUT2D eigenvalue weighted by Gasteiger charge is 2.08. The van der Waals surface area contributed by atoms with Crippen LogP contribution in [-0.4, -0.2) is 18.6 Å². The minimum Gasteiger partial charge on any atom is -0.370 e. The van der Waals surface area contributed by atoms with Crippen LogP contribution in [0.25, 0.3) is 0 Å². The fourth-order valence-electron chi connectivity index (χ4n) is 2.15. The maximum absolute atomic E-state index is 4.06. The molecule has 20 heavy (non-hydrogen) atoms. The Balaban J connectivity index is 2.19. The zero-order chi connectivity index (χ0) is 14.4. The first-order valence-electron chi connectivity index (χ1n) is 6.80. The van der Waals surface area contributed by atoms with Gasteiger partial charge in [0.2, 0.25) is 0 Å². The minimum absolute atomic E-state index is 0.873. The predicted octanol–water partition coefficient (Wildman–Crippen LogP) is 3.59. The van der Waals surface area contributed by atoms with Crippen LogP contribution in [0.2, 0.25) is 0 Å². The Morgan fingerprint density at radius 1 is 1.20 bits per heavy atom. The number of benzene rings is 1. The molecule has 1 N–H and O–H groups in total. The summed E-state index contributed by atoms with van der Waals surface area (Å²) in [7, 11) is 2.12. The van der Waals surface area contributed by atoms with Crippen molar-refractivity contribution in [3.05, 3.63) is 58.3 Å². The third-order valence-corrected chi connectivity index (χ3v) is 3.69. The number of hydrogen-bond acceptors (Lipinski definition) is 3. The predicted molar refractivity (Wildman–Crippen MR) is 87.9 cm³/mol. The van der Waals surface area contributed by atoms with Crippen LogP contribution in [0.4, 0.5) is 5.69 Å². The molecule has 0 unspecified atom stereocenters. The molecule has 0 aliphatic rings. The highest BCUT2D eigenvalue weighted by Crippen LogP contribution is 2.25. The van der Waals surface area contributed by atoms with Crippen LogP contribution in [0, 0.1) is 0 Å². The molecule has 0 amide bonds. The maximum atomic E-state index is 4.06. The molecule has 0 spiro atoms. The largest absolute Gasteiger partial charge is 0.370 e. The Hall–Kier alpha value is -1.39. The summed E-state index contributed by atoms with van der Waals surface area (Å²) >= 11 is 3.56. The maximum Gasteiger partial charge on any atom is 0.0427 e. The Labute approximate surface area is 129 Å². The van der Waals surface area contributed by atoms with Crippen molar-refractivity contribution in [3.8, 4) is 0 Å². The molecule has 0 radical (unpaired) electrons. The van der Waals surface area contributed by atoms with E-state index in [1.807, 2.05) is 12.4 Å². The van der Waals surface area contributed by atoms with Gasteiger partial charge in [-0.1, -0.05) is 28.9 Å². The van der Waals surface area contributed by atoms with Crippen molar-refractivity contribution in [3.63, 3.8) is 0 Å². The average Bonchev–Trinajstić information content (AvgIpc) is 2.47. The van der Waals surface area contributed by atoms with Crippen LogP contribution in [-0.2, 0) is 13.1 Å². The molecule has 0 aliphatic heterocycles. The quantitative estimate of drug-likeness (QED) is 0.875. The fraction of sp³-hybridized carbons (Fsp3) is 0.312. The summed E-state index contributed by atoms with van der Waals surface area (Å²) in [5.74, 6) is 0. The van der Waals surface area contributed by atoms with E-state index >= 15 is 0 Å². The first-order valence-corrected chi connectivity index (χ1v) is 7.59. The first kappa shape index (κ1) is 15.0. The van der Waals surface area contributed by atoms with Crippen molar-refractivity contribution in [1.82, 2.24) is 10.3 Å². The molecule has 4 heteroatoms. The van der Waals surface area contributed by atoms with E-state index in [1.165, 1.54) is 16.8 Å². The lowest BCUT2D eigenvalue weighted by molar-refractivity contribution is 0.723. The summed E-state index contributed by atoms with van der Waals surface area (Å²) in [5.41, 5.74) is 3.82. The molecule has 0 atom stereocenters. The summed E-state index contributed by atoms with van der Waals surface area (Å²) in [6, 6.07) is 10.5. The number of halogens is 1. The van der Waals surface area contributed by atoms with Gasteiger partial charge in [0, 0.05) is 42.7 Å². The van der Waals surface area contributed by atoms with Gasteiger partial charge in [-0.2, -0.15) is 0 Å². The van der Waals surface area contributed by atoms with Gasteiger partial charge in [0.05, 0.1) is 0 Å². The van der Waals surface area contributed by atoms with Crippen LogP contribution < -0.4 is 10.2 Å². The van der Waals surface area contributed by atoms with E-state index < -0.39 is 0 Å². The van der Waals surface area contributed by atoms with Crippen LogP contribution in [0.5, 0.6) is 0 Å². The van der Waals surface area contributed by atoms with Crippen molar-refractivity contribution in [2.45, 2.75) is 20.0 Å². The monoisotopic (exact) mass is 333 g/mol. The number of nitrogens with zero attached hydrogens (tertiary/aromatic N) is 2. The SMILES string of the molecule is CCNCc1ccc(Br)cc1N(C)Cc1ccncc1. The second kappa shape index (κ2) is 7.41. The lowest BCUT2D eigenvalue weighted by atomic mass is 10.1. The standard InChI is InChI=1S/C16H20BrN3/c1-3-18-11-14-4-5-15(17)10-16(14)20(2)12-13-6-8-19-9-7-13/h4-10,18H,3,11-12H2,1-2H3. The van der Waals surface area contributed by atoms with Crippen molar-refractivity contribution >= 4 is 21.6 Å². The molecule has 0 saturated heterocycles. The number of nitrogens with one attached hydrogen (secondary N) is 1. The number of rotatable bonds is 6. The summed E-state index contributed by atoms with van der Waals surface area (Å²) in [6.45, 7) is 4.86. The van der Waals surface area contributed by atoms with Gasteiger partial charge in [-0.05, 0) is 41.9 Å². The molecular weight excluding hydrogens is 314 g/mol. The van der Waals surface area contributed by atoms with Crippen LogP contribution >= 0.6 is 15.9 Å². The van der Waals surface area contributed by atoms with E-state index in [0.29, 0.717) is 0 Å². The van der Waals surface area contributed by atoms with Gasteiger partial charge in [0.25, 0.3) is 0 Å². The molecule has 1 heterocycles. The van der Waals surface area contributed by atoms with Gasteiger partial charge in [0.1, 0.15) is 0 Å². The molecule has 1 aromatic carbocycles. The molecule has 0 aliphatic carbocycles. The van der Waals surface area contributed by atoms with Crippen molar-refractivity contribution in [2.75, 3.05) is 18.5 Å². The smallest absolute Gasteiger partial charge is 0.0427 e. The van der Waals surface area contributed by atoms with Crippen LogP contribution in [0.15, 0.2) is 47.2 Å². The lowest BCUT2D eigenvalue weighted by Crippen LogP contribution is -2.20. The molecule has 0 bridgehead atoms. The molecule has 1 aromatic heterocycles. The van der Waals surface area contributed by atoms with Crippen molar-refractivity contribution < 1.29 is 0 Å². The summed E-state index contributed by atoms with van der Waals surface area (Å²) in [6.07, 6.45) is 3.67. The van der Waals surface area contributed by atoms with Crippen molar-refractivity contribution in [2.24, 2.45) is 0 Å². The van der Waals surface area contributed by atoms with E-state index in [0.717, 1.165) is 24.1 Å². The van der Waals surface area contributed by atoms with E-state index in [4.69, 9.17) is 0 Å². The van der Waals surface area contributed by atoms with E-state index in [2.05, 4.69) is 75.4 Å². The molecule has 0 fully saturated rings. The second-order valence-electron chi connectivity index (χ2n) is 4.76. The summed E-state index contributed by atoms with van der Waals surface area (Å²) < 4.78 is 1.11. The fourth-order valence-corrected chi connectivity index (χ4v) is 2.50. The van der Waals surface area contributed by atoms with Gasteiger partial charge in [-0.15, -0.1) is 0 Å². The lowest BCUT2D eigenvalue weighted by Gasteiger charge is -2.23. The van der Waals surface area contributed by atoms with Gasteiger partial charge in [-0.25, -0.2) is 0 Å². The average molecular weight is 334 g/mol. The molecular formula is C16H20BrN3. The van der Waals surface area contributed by atoms with Gasteiger partial charge < -0.3 is 10.2 Å². The minimum atomic E-state index is 0.873. The number of pyridine rings is 1. The Bertz CT molecular complexity index is 543. The van der Waals surface area contributed by atoms with Gasteiger partial charge in [-0.3, -0.25) is 4.98 Å². The van der Waals surface area contributed by atoms with E-state index in [1.54, 1.807) is 0 Å². The first-order chi connectivity index (χ1) is 9.70. The highest BCUT2D eigenvalue weighted by molar-refractivity contribution is 9.10. The van der Waals surface area contributed by atoms with Gasteiger partial charge >= 0.3 is 0 Å². The van der Waals surface area contributed by atoms with Crippen molar-refractivity contribution in [1.29, 1.82) is 0 Å². The third-order valence-electron chi connectivity index (χ3n) is 3.19. The highest BCUT2D eigenvalue weighted by atomic mass is 79.9. The molecule has 3 nitrogen and oxygen atoms in total. The normalized spacial score (nSPS) is 10.6. The topological polar surface area (TPSA) is 28.2 Å². The molecule has 2 aromatic rings. The summed E-state index contributed by atoms with van der Waals surface area (Å²) in [4.78, 5) is 6.33. The molecule has 2 rings (SSSR count). The number of anilines is 1. The van der Waals surface area contributed by atoms with Gasteiger partial charge in [0.15, 0.2) is 0 Å². The molecule has 0 saturated carbocycles. The third kappa shape index (κ3) is 4.05. The Kier molecular flexibility index (Phi) is 5.56. The number of hydrogen-bond donors (Lipinski definition) is 1. The Morgan fingerprint density at radius 3 is 2.65 bits per heavy atom. The Morgan fingerprint density at radius 2 is 1.95 bits per heavy atom. The zero-order valence-corrected chi connectivity index (χ0v) is 13.5. The second-order valence-corrected chi connectivity index (χ2v) is 5.68. The van der Waals surface area contributed by atoms with Crippen LogP contribution in [0.1, 0.15) is 18.1 Å². The van der Waals surface area contributed by atoms with Crippen LogP contribution in [0.3, 0.4) is 0 Å².